The summed E-state index contributed by atoms with van der Waals surface area (Å²) >= 11 is 1.63. The lowest BCUT2D eigenvalue weighted by molar-refractivity contribution is 0.124. The summed E-state index contributed by atoms with van der Waals surface area (Å²) in [4.78, 5) is 9.43. The van der Waals surface area contributed by atoms with Crippen LogP contribution in [0.1, 0.15) is 33.1 Å². The van der Waals surface area contributed by atoms with E-state index in [0.717, 1.165) is 42.4 Å². The molecule has 0 amide bonds. The van der Waals surface area contributed by atoms with Crippen molar-refractivity contribution >= 4 is 16.9 Å². The summed E-state index contributed by atoms with van der Waals surface area (Å²) in [6, 6.07) is 0.754. The van der Waals surface area contributed by atoms with Crippen molar-refractivity contribution in [1.29, 1.82) is 0 Å². The van der Waals surface area contributed by atoms with Crippen molar-refractivity contribution in [3.05, 3.63) is 11.6 Å². The summed E-state index contributed by atoms with van der Waals surface area (Å²) in [5, 5.41) is 5.10. The Morgan fingerprint density at radius 2 is 1.95 bits per heavy atom. The van der Waals surface area contributed by atoms with Gasteiger partial charge in [-0.05, 0) is 24.6 Å². The molecule has 1 aliphatic heterocycles. The van der Waals surface area contributed by atoms with Gasteiger partial charge in [0.1, 0.15) is 0 Å². The van der Waals surface area contributed by atoms with Gasteiger partial charge in [-0.2, -0.15) is 0 Å². The van der Waals surface area contributed by atoms with Gasteiger partial charge in [0.25, 0.3) is 0 Å². The lowest BCUT2D eigenvalue weighted by Crippen LogP contribution is -2.51. The van der Waals surface area contributed by atoms with E-state index in [-0.39, 0.29) is 0 Å². The maximum Gasteiger partial charge on any atom is 0.165 e. The normalized spacial score (nSPS) is 19.0. The van der Waals surface area contributed by atoms with Crippen LogP contribution in [0.25, 0.3) is 0 Å². The minimum Gasteiger partial charge on any atom is -0.383 e. The van der Waals surface area contributed by atoms with Crippen LogP contribution in [0.4, 0.5) is 0 Å². The molecule has 116 valence electrons. The fourth-order valence-corrected chi connectivity index (χ4v) is 3.39. The first-order valence-electron chi connectivity index (χ1n) is 7.66. The summed E-state index contributed by atoms with van der Waals surface area (Å²) in [5.41, 5.74) is 0. The van der Waals surface area contributed by atoms with Crippen LogP contribution >= 0.6 is 11.8 Å². The highest BCUT2D eigenvalue weighted by Gasteiger charge is 2.24. The van der Waals surface area contributed by atoms with E-state index >= 15 is 0 Å². The SMILES string of the molecule is C=C(NC)SC(=NC)N1CCN(C(CC)CCC)CC1. The van der Waals surface area contributed by atoms with E-state index in [1.165, 1.54) is 19.3 Å². The molecule has 1 saturated heterocycles. The Labute approximate surface area is 128 Å². The van der Waals surface area contributed by atoms with Crippen LogP contribution < -0.4 is 5.32 Å². The van der Waals surface area contributed by atoms with Gasteiger partial charge in [0.15, 0.2) is 5.17 Å². The van der Waals surface area contributed by atoms with Crippen molar-refractivity contribution in [2.45, 2.75) is 39.2 Å². The van der Waals surface area contributed by atoms with Crippen molar-refractivity contribution in [2.75, 3.05) is 40.3 Å². The molecule has 0 bridgehead atoms. The molecule has 1 unspecified atom stereocenters. The molecular weight excluding hydrogens is 268 g/mol. The minimum absolute atomic E-state index is 0.754. The van der Waals surface area contributed by atoms with Gasteiger partial charge in [-0.25, -0.2) is 0 Å². The number of hydrogen-bond acceptors (Lipinski definition) is 4. The largest absolute Gasteiger partial charge is 0.383 e. The number of nitrogens with zero attached hydrogens (tertiary/aromatic N) is 3. The van der Waals surface area contributed by atoms with Crippen molar-refractivity contribution in [2.24, 2.45) is 4.99 Å². The lowest BCUT2D eigenvalue weighted by Gasteiger charge is -2.40. The third kappa shape index (κ3) is 5.02. The molecule has 0 radical (unpaired) electrons. The molecule has 0 aromatic rings. The molecule has 1 fully saturated rings. The average Bonchev–Trinajstić information content (AvgIpc) is 2.50. The predicted molar refractivity (Wildman–Crippen MR) is 91.3 cm³/mol. The first kappa shape index (κ1) is 17.4. The highest BCUT2D eigenvalue weighted by Crippen LogP contribution is 2.19. The van der Waals surface area contributed by atoms with Crippen molar-refractivity contribution in [3.8, 4) is 0 Å². The molecule has 0 saturated carbocycles. The summed E-state index contributed by atoms with van der Waals surface area (Å²) < 4.78 is 0. The van der Waals surface area contributed by atoms with E-state index in [1.54, 1.807) is 11.8 Å². The van der Waals surface area contributed by atoms with Crippen LogP contribution in [0.5, 0.6) is 0 Å². The fourth-order valence-electron chi connectivity index (χ4n) is 2.67. The molecule has 1 aliphatic rings. The minimum atomic E-state index is 0.754. The molecular formula is C15H30N4S. The van der Waals surface area contributed by atoms with Gasteiger partial charge in [0.2, 0.25) is 0 Å². The van der Waals surface area contributed by atoms with Gasteiger partial charge in [-0.3, -0.25) is 9.89 Å². The Balaban J connectivity index is 2.49. The molecule has 4 nitrogen and oxygen atoms in total. The zero-order valence-corrected chi connectivity index (χ0v) is 14.3. The lowest BCUT2D eigenvalue weighted by atomic mass is 10.1. The smallest absolute Gasteiger partial charge is 0.165 e. The van der Waals surface area contributed by atoms with E-state index in [0.29, 0.717) is 0 Å². The van der Waals surface area contributed by atoms with Gasteiger partial charge >= 0.3 is 0 Å². The second-order valence-corrected chi connectivity index (χ2v) is 6.22. The highest BCUT2D eigenvalue weighted by molar-refractivity contribution is 8.17. The predicted octanol–water partition coefficient (Wildman–Crippen LogP) is 2.59. The molecule has 1 rings (SSSR count). The zero-order valence-electron chi connectivity index (χ0n) is 13.5. The molecule has 0 aromatic heterocycles. The second-order valence-electron chi connectivity index (χ2n) is 5.16. The highest BCUT2D eigenvalue weighted by atomic mass is 32.2. The Morgan fingerprint density at radius 3 is 2.40 bits per heavy atom. The Morgan fingerprint density at radius 1 is 1.30 bits per heavy atom. The molecule has 20 heavy (non-hydrogen) atoms. The van der Waals surface area contributed by atoms with Crippen LogP contribution in [0.2, 0.25) is 0 Å². The van der Waals surface area contributed by atoms with E-state index in [4.69, 9.17) is 0 Å². The molecule has 0 spiro atoms. The monoisotopic (exact) mass is 298 g/mol. The third-order valence-corrected chi connectivity index (χ3v) is 4.95. The third-order valence-electron chi connectivity index (χ3n) is 3.88. The number of aliphatic imine (C=N–C) groups is 1. The Kier molecular flexibility index (Phi) is 8.07. The number of thioether (sulfide) groups is 1. The molecule has 0 aromatic carbocycles. The topological polar surface area (TPSA) is 30.9 Å². The summed E-state index contributed by atoms with van der Waals surface area (Å²) in [7, 11) is 3.76. The first-order chi connectivity index (χ1) is 9.65. The number of hydrogen-bond donors (Lipinski definition) is 1. The van der Waals surface area contributed by atoms with Crippen molar-refractivity contribution in [1.82, 2.24) is 15.1 Å². The van der Waals surface area contributed by atoms with E-state index in [1.807, 2.05) is 14.1 Å². The summed E-state index contributed by atoms with van der Waals surface area (Å²) in [6.07, 6.45) is 3.85. The molecule has 1 atom stereocenters. The molecule has 5 heteroatoms. The number of piperazine rings is 1. The van der Waals surface area contributed by atoms with Crippen LogP contribution in [0.3, 0.4) is 0 Å². The van der Waals surface area contributed by atoms with Gasteiger partial charge < -0.3 is 10.2 Å². The van der Waals surface area contributed by atoms with Gasteiger partial charge in [-0.1, -0.05) is 26.8 Å². The van der Waals surface area contributed by atoms with Gasteiger partial charge in [-0.15, -0.1) is 0 Å². The van der Waals surface area contributed by atoms with Crippen LogP contribution in [0, 0.1) is 0 Å². The maximum atomic E-state index is 4.41. The molecule has 0 aliphatic carbocycles. The van der Waals surface area contributed by atoms with Crippen LogP contribution in [-0.2, 0) is 0 Å². The standard InChI is InChI=1S/C15H30N4S/c1-6-8-14(7-2)18-9-11-19(12-10-18)15(17-5)20-13(3)16-4/h14,16H,3,6-12H2,1-2,4-5H3. The fraction of sp³-hybridized carbons (Fsp3) is 0.800. The average molecular weight is 299 g/mol. The number of amidine groups is 1. The second kappa shape index (κ2) is 9.29. The van der Waals surface area contributed by atoms with Crippen molar-refractivity contribution < 1.29 is 0 Å². The zero-order chi connectivity index (χ0) is 15.0. The number of rotatable bonds is 6. The number of nitrogens with one attached hydrogen (secondary N) is 1. The first-order valence-corrected chi connectivity index (χ1v) is 8.48. The molecule has 1 heterocycles. The van der Waals surface area contributed by atoms with Crippen molar-refractivity contribution in [3.63, 3.8) is 0 Å². The Hall–Kier alpha value is -0.680. The quantitative estimate of drug-likeness (QED) is 0.603. The maximum absolute atomic E-state index is 4.41. The van der Waals surface area contributed by atoms with E-state index in [9.17, 15) is 0 Å². The van der Waals surface area contributed by atoms with Crippen LogP contribution in [0.15, 0.2) is 16.6 Å². The van der Waals surface area contributed by atoms with E-state index < -0.39 is 0 Å². The van der Waals surface area contributed by atoms with Gasteiger partial charge in [0.05, 0.1) is 5.03 Å². The summed E-state index contributed by atoms with van der Waals surface area (Å²) in [6.45, 7) is 13.0. The van der Waals surface area contributed by atoms with Crippen LogP contribution in [-0.4, -0.2) is 61.3 Å². The summed E-state index contributed by atoms with van der Waals surface area (Å²) in [5.74, 6) is 0. The molecule has 1 N–H and O–H groups in total. The Bertz CT molecular complexity index is 322. The van der Waals surface area contributed by atoms with E-state index in [2.05, 4.69) is 40.5 Å². The van der Waals surface area contributed by atoms with Gasteiger partial charge in [0, 0.05) is 46.3 Å².